The number of nitro groups is 1. The third-order valence-electron chi connectivity index (χ3n) is 3.58. The van der Waals surface area contributed by atoms with Gasteiger partial charge in [0.1, 0.15) is 5.56 Å². The number of carbonyl (C=O) groups excluding carboxylic acids is 2. The molecular weight excluding hydrogens is 356 g/mol. The van der Waals surface area contributed by atoms with Gasteiger partial charge in [-0.25, -0.2) is 4.79 Å². The Morgan fingerprint density at radius 1 is 1.19 bits per heavy atom. The van der Waals surface area contributed by atoms with Crippen molar-refractivity contribution in [3.63, 3.8) is 0 Å². The first-order chi connectivity index (χ1) is 12.9. The van der Waals surface area contributed by atoms with Gasteiger partial charge in [-0.2, -0.15) is 0 Å². The molecule has 0 radical (unpaired) electrons. The van der Waals surface area contributed by atoms with Crippen molar-refractivity contribution in [3.05, 3.63) is 63.7 Å². The number of methoxy groups -OCH3 is 1. The van der Waals surface area contributed by atoms with E-state index in [1.807, 2.05) is 0 Å². The summed E-state index contributed by atoms with van der Waals surface area (Å²) in [7, 11) is 1.32. The molecule has 0 heterocycles. The van der Waals surface area contributed by atoms with Crippen LogP contribution < -0.4 is 15.2 Å². The molecule has 0 aliphatic heterocycles. The number of nitro benzene ring substituents is 1. The topological polar surface area (TPSA) is 131 Å². The standard InChI is InChI=1S/C18H18N2O7/c1-3-26-15-9-12(13(20(23)24)10-14(15)25-2)18(22)27-16(17(19)21)11-7-5-4-6-8-11/h4-10,16H,3H2,1-2H3,(H2,19,21). The highest BCUT2D eigenvalue weighted by Gasteiger charge is 2.30. The number of hydrogen-bond acceptors (Lipinski definition) is 7. The zero-order valence-electron chi connectivity index (χ0n) is 14.7. The number of benzene rings is 2. The van der Waals surface area contributed by atoms with E-state index in [-0.39, 0.29) is 23.7 Å². The molecule has 0 aliphatic rings. The lowest BCUT2D eigenvalue weighted by Gasteiger charge is -2.16. The normalized spacial score (nSPS) is 11.3. The summed E-state index contributed by atoms with van der Waals surface area (Å²) in [4.78, 5) is 34.9. The van der Waals surface area contributed by atoms with E-state index in [9.17, 15) is 19.7 Å². The highest BCUT2D eigenvalue weighted by Crippen LogP contribution is 2.35. The number of carbonyl (C=O) groups is 2. The lowest BCUT2D eigenvalue weighted by Crippen LogP contribution is -2.26. The number of primary amides is 1. The third-order valence-corrected chi connectivity index (χ3v) is 3.58. The van der Waals surface area contributed by atoms with Crippen molar-refractivity contribution in [2.45, 2.75) is 13.0 Å². The van der Waals surface area contributed by atoms with Gasteiger partial charge in [0.25, 0.3) is 11.6 Å². The molecule has 142 valence electrons. The minimum atomic E-state index is -1.39. The Morgan fingerprint density at radius 2 is 1.85 bits per heavy atom. The summed E-state index contributed by atoms with van der Waals surface area (Å²) in [5, 5.41) is 11.4. The van der Waals surface area contributed by atoms with E-state index in [0.717, 1.165) is 12.1 Å². The fourth-order valence-corrected chi connectivity index (χ4v) is 2.38. The second-order valence-electron chi connectivity index (χ2n) is 5.31. The predicted octanol–water partition coefficient (Wildman–Crippen LogP) is 2.39. The summed E-state index contributed by atoms with van der Waals surface area (Å²) in [5.41, 5.74) is 4.74. The van der Waals surface area contributed by atoms with Crippen LogP contribution in [-0.4, -0.2) is 30.5 Å². The highest BCUT2D eigenvalue weighted by atomic mass is 16.6. The number of nitrogens with zero attached hydrogens (tertiary/aromatic N) is 1. The zero-order valence-corrected chi connectivity index (χ0v) is 14.7. The molecule has 2 aromatic carbocycles. The van der Waals surface area contributed by atoms with E-state index in [1.54, 1.807) is 37.3 Å². The molecule has 9 nitrogen and oxygen atoms in total. The van der Waals surface area contributed by atoms with Crippen molar-refractivity contribution in [1.29, 1.82) is 0 Å². The molecule has 0 saturated heterocycles. The van der Waals surface area contributed by atoms with E-state index in [2.05, 4.69) is 0 Å². The first-order valence-electron chi connectivity index (χ1n) is 7.93. The first-order valence-corrected chi connectivity index (χ1v) is 7.93. The van der Waals surface area contributed by atoms with E-state index in [0.29, 0.717) is 5.56 Å². The molecule has 9 heteroatoms. The Morgan fingerprint density at radius 3 is 2.37 bits per heavy atom. The maximum Gasteiger partial charge on any atom is 0.346 e. The van der Waals surface area contributed by atoms with Gasteiger partial charge < -0.3 is 19.9 Å². The molecule has 1 unspecified atom stereocenters. The Kier molecular flexibility index (Phi) is 6.32. The van der Waals surface area contributed by atoms with Gasteiger partial charge in [-0.3, -0.25) is 14.9 Å². The molecule has 0 aliphatic carbocycles. The summed E-state index contributed by atoms with van der Waals surface area (Å²) in [6.07, 6.45) is -1.39. The van der Waals surface area contributed by atoms with Gasteiger partial charge in [0, 0.05) is 11.6 Å². The lowest BCUT2D eigenvalue weighted by atomic mass is 10.1. The molecule has 2 aromatic rings. The van der Waals surface area contributed by atoms with Gasteiger partial charge in [-0.1, -0.05) is 30.3 Å². The molecule has 2 N–H and O–H groups in total. The summed E-state index contributed by atoms with van der Waals surface area (Å²) in [5.74, 6) is -1.77. The van der Waals surface area contributed by atoms with Gasteiger partial charge in [0.05, 0.1) is 24.7 Å². The van der Waals surface area contributed by atoms with Gasteiger partial charge in [-0.15, -0.1) is 0 Å². The van der Waals surface area contributed by atoms with Crippen LogP contribution >= 0.6 is 0 Å². The van der Waals surface area contributed by atoms with E-state index >= 15 is 0 Å². The van der Waals surface area contributed by atoms with Crippen molar-refractivity contribution in [1.82, 2.24) is 0 Å². The quantitative estimate of drug-likeness (QED) is 0.426. The number of hydrogen-bond donors (Lipinski definition) is 1. The molecule has 27 heavy (non-hydrogen) atoms. The molecule has 1 amide bonds. The summed E-state index contributed by atoms with van der Waals surface area (Å²) < 4.78 is 15.6. The summed E-state index contributed by atoms with van der Waals surface area (Å²) in [6, 6.07) is 10.3. The number of nitrogens with two attached hydrogens (primary N) is 1. The molecule has 0 spiro atoms. The first kappa shape index (κ1) is 19.7. The zero-order chi connectivity index (χ0) is 20.0. The highest BCUT2D eigenvalue weighted by molar-refractivity contribution is 5.96. The van der Waals surface area contributed by atoms with Crippen LogP contribution in [0.3, 0.4) is 0 Å². The number of amides is 1. The van der Waals surface area contributed by atoms with Crippen LogP contribution in [0.25, 0.3) is 0 Å². The van der Waals surface area contributed by atoms with Crippen molar-refractivity contribution < 1.29 is 28.7 Å². The van der Waals surface area contributed by atoms with Crippen molar-refractivity contribution >= 4 is 17.6 Å². The molecular formula is C18H18N2O7. The Labute approximate surface area is 154 Å². The van der Waals surface area contributed by atoms with Crippen molar-refractivity contribution in [2.75, 3.05) is 13.7 Å². The number of esters is 1. The third kappa shape index (κ3) is 4.51. The lowest BCUT2D eigenvalue weighted by molar-refractivity contribution is -0.385. The molecule has 1 atom stereocenters. The summed E-state index contributed by atoms with van der Waals surface area (Å²) in [6.45, 7) is 1.95. The van der Waals surface area contributed by atoms with Crippen LogP contribution in [0.2, 0.25) is 0 Å². The minimum absolute atomic E-state index is 0.0922. The van der Waals surface area contributed by atoms with Crippen LogP contribution in [-0.2, 0) is 9.53 Å². The molecule has 2 rings (SSSR count). The van der Waals surface area contributed by atoms with Gasteiger partial charge in [0.15, 0.2) is 11.5 Å². The smallest absolute Gasteiger partial charge is 0.346 e. The largest absolute Gasteiger partial charge is 0.493 e. The van der Waals surface area contributed by atoms with Crippen LogP contribution in [0.4, 0.5) is 5.69 Å². The molecule has 0 aromatic heterocycles. The van der Waals surface area contributed by atoms with Crippen molar-refractivity contribution in [3.8, 4) is 11.5 Å². The van der Waals surface area contributed by atoms with E-state index in [1.165, 1.54) is 7.11 Å². The fourth-order valence-electron chi connectivity index (χ4n) is 2.38. The maximum absolute atomic E-state index is 12.6. The van der Waals surface area contributed by atoms with Crippen LogP contribution in [0.15, 0.2) is 42.5 Å². The molecule has 0 saturated carbocycles. The average molecular weight is 374 g/mol. The Bertz CT molecular complexity index is 852. The van der Waals surface area contributed by atoms with Gasteiger partial charge in [-0.05, 0) is 6.92 Å². The van der Waals surface area contributed by atoms with Crippen LogP contribution in [0.1, 0.15) is 28.9 Å². The van der Waals surface area contributed by atoms with Gasteiger partial charge >= 0.3 is 5.97 Å². The molecule has 0 bridgehead atoms. The fraction of sp³-hybridized carbons (Fsp3) is 0.222. The predicted molar refractivity (Wildman–Crippen MR) is 94.6 cm³/mol. The van der Waals surface area contributed by atoms with E-state index in [4.69, 9.17) is 19.9 Å². The summed E-state index contributed by atoms with van der Waals surface area (Å²) >= 11 is 0. The Balaban J connectivity index is 2.45. The SMILES string of the molecule is CCOc1cc(C(=O)OC(C(N)=O)c2ccccc2)c([N+](=O)[O-])cc1OC. The van der Waals surface area contributed by atoms with Crippen LogP contribution in [0, 0.1) is 10.1 Å². The monoisotopic (exact) mass is 374 g/mol. The second kappa shape index (κ2) is 8.65. The Hall–Kier alpha value is -3.62. The second-order valence-corrected chi connectivity index (χ2v) is 5.31. The van der Waals surface area contributed by atoms with Crippen molar-refractivity contribution in [2.24, 2.45) is 5.73 Å². The van der Waals surface area contributed by atoms with E-state index < -0.39 is 28.6 Å². The molecule has 0 fully saturated rings. The number of ether oxygens (including phenoxy) is 3. The van der Waals surface area contributed by atoms with Crippen LogP contribution in [0.5, 0.6) is 11.5 Å². The number of rotatable bonds is 8. The maximum atomic E-state index is 12.6. The minimum Gasteiger partial charge on any atom is -0.493 e. The van der Waals surface area contributed by atoms with Gasteiger partial charge in [0.2, 0.25) is 6.10 Å². The average Bonchev–Trinajstić information content (AvgIpc) is 2.66.